The second-order valence-corrected chi connectivity index (χ2v) is 5.27. The lowest BCUT2D eigenvalue weighted by Crippen LogP contribution is -2.47. The van der Waals surface area contributed by atoms with Crippen LogP contribution in [0.15, 0.2) is 0 Å². The summed E-state index contributed by atoms with van der Waals surface area (Å²) in [6, 6.07) is -0.606. The molecule has 20 heavy (non-hydrogen) atoms. The van der Waals surface area contributed by atoms with Gasteiger partial charge >= 0.3 is 5.97 Å². The first kappa shape index (κ1) is 18.9. The summed E-state index contributed by atoms with van der Waals surface area (Å²) in [5.41, 5.74) is 0. The fourth-order valence-electron chi connectivity index (χ4n) is 2.00. The number of esters is 1. The van der Waals surface area contributed by atoms with Gasteiger partial charge < -0.3 is 15.2 Å². The average Bonchev–Trinajstić information content (AvgIpc) is 2.37. The molecule has 0 bridgehead atoms. The number of hydrogen-bond acceptors (Lipinski definition) is 5. The van der Waals surface area contributed by atoms with Gasteiger partial charge in [-0.25, -0.2) is 4.79 Å². The lowest BCUT2D eigenvalue weighted by Gasteiger charge is -2.23. The lowest BCUT2D eigenvalue weighted by molar-refractivity contribution is -0.145. The van der Waals surface area contributed by atoms with Crippen LogP contribution in [0.5, 0.6) is 0 Å². The molecule has 0 aromatic carbocycles. The highest BCUT2D eigenvalue weighted by molar-refractivity contribution is 5.85. The molecule has 0 aromatic rings. The van der Waals surface area contributed by atoms with Crippen LogP contribution in [0.2, 0.25) is 0 Å². The van der Waals surface area contributed by atoms with Crippen molar-refractivity contribution in [2.45, 2.75) is 39.7 Å². The minimum absolute atomic E-state index is 0.0136. The van der Waals surface area contributed by atoms with Crippen LogP contribution < -0.4 is 5.32 Å². The van der Waals surface area contributed by atoms with Gasteiger partial charge in [-0.3, -0.25) is 9.69 Å². The van der Waals surface area contributed by atoms with Crippen LogP contribution in [0, 0.1) is 5.92 Å². The number of carbonyl (C=O) groups excluding carboxylic acids is 2. The van der Waals surface area contributed by atoms with E-state index in [-0.39, 0.29) is 25.0 Å². The Balaban J connectivity index is 4.45. The van der Waals surface area contributed by atoms with Gasteiger partial charge in [-0.1, -0.05) is 20.8 Å². The maximum Gasteiger partial charge on any atom is 0.328 e. The van der Waals surface area contributed by atoms with E-state index in [4.69, 9.17) is 9.84 Å². The van der Waals surface area contributed by atoms with Crippen molar-refractivity contribution < 1.29 is 19.4 Å². The molecule has 0 fully saturated rings. The first-order chi connectivity index (χ1) is 9.44. The SMILES string of the molecule is CCCN(CCO)CC(=O)NC(CC(C)C)C(=O)OC. The van der Waals surface area contributed by atoms with Gasteiger partial charge in [0.2, 0.25) is 5.91 Å². The Bertz CT molecular complexity index is 289. The summed E-state index contributed by atoms with van der Waals surface area (Å²) in [6.07, 6.45) is 1.45. The highest BCUT2D eigenvalue weighted by Gasteiger charge is 2.23. The summed E-state index contributed by atoms with van der Waals surface area (Å²) in [5.74, 6) is -0.359. The molecule has 2 N–H and O–H groups in total. The van der Waals surface area contributed by atoms with Crippen LogP contribution in [0.4, 0.5) is 0 Å². The third-order valence-electron chi connectivity index (χ3n) is 2.85. The molecular formula is C14H28N2O4. The fourth-order valence-corrected chi connectivity index (χ4v) is 2.00. The smallest absolute Gasteiger partial charge is 0.328 e. The first-order valence-corrected chi connectivity index (χ1v) is 7.14. The van der Waals surface area contributed by atoms with Crippen molar-refractivity contribution in [1.82, 2.24) is 10.2 Å². The van der Waals surface area contributed by atoms with Crippen LogP contribution in [-0.2, 0) is 14.3 Å². The summed E-state index contributed by atoms with van der Waals surface area (Å²) < 4.78 is 4.71. The predicted molar refractivity (Wildman–Crippen MR) is 77.2 cm³/mol. The van der Waals surface area contributed by atoms with E-state index in [0.717, 1.165) is 13.0 Å². The predicted octanol–water partition coefficient (Wildman–Crippen LogP) is 0.395. The van der Waals surface area contributed by atoms with E-state index in [0.29, 0.717) is 13.0 Å². The number of amides is 1. The van der Waals surface area contributed by atoms with Gasteiger partial charge in [0.25, 0.3) is 0 Å². The van der Waals surface area contributed by atoms with Crippen LogP contribution in [0.25, 0.3) is 0 Å². The standard InChI is InChI=1S/C14H28N2O4/c1-5-6-16(7-8-17)10-13(18)15-12(9-11(2)3)14(19)20-4/h11-12,17H,5-10H2,1-4H3,(H,15,18). The second-order valence-electron chi connectivity index (χ2n) is 5.27. The number of aliphatic hydroxyl groups excluding tert-OH is 1. The maximum atomic E-state index is 12.0. The van der Waals surface area contributed by atoms with Gasteiger partial charge in [0.15, 0.2) is 0 Å². The Kier molecular flexibility index (Phi) is 10.0. The minimum atomic E-state index is -0.606. The normalized spacial score (nSPS) is 12.6. The number of methoxy groups -OCH3 is 1. The van der Waals surface area contributed by atoms with E-state index in [1.54, 1.807) is 0 Å². The van der Waals surface area contributed by atoms with Gasteiger partial charge in [-0.05, 0) is 25.3 Å². The third-order valence-corrected chi connectivity index (χ3v) is 2.85. The number of ether oxygens (including phenoxy) is 1. The Morgan fingerprint density at radius 2 is 1.95 bits per heavy atom. The molecule has 0 aliphatic rings. The van der Waals surface area contributed by atoms with Gasteiger partial charge in [0, 0.05) is 6.54 Å². The second kappa shape index (κ2) is 10.6. The summed E-state index contributed by atoms with van der Waals surface area (Å²) in [5, 5.41) is 11.7. The highest BCUT2D eigenvalue weighted by atomic mass is 16.5. The number of aliphatic hydroxyl groups is 1. The van der Waals surface area contributed by atoms with Crippen molar-refractivity contribution in [1.29, 1.82) is 0 Å². The molecule has 0 saturated heterocycles. The van der Waals surface area contributed by atoms with Crippen LogP contribution >= 0.6 is 0 Å². The molecule has 6 heteroatoms. The first-order valence-electron chi connectivity index (χ1n) is 7.14. The molecule has 118 valence electrons. The van der Waals surface area contributed by atoms with Gasteiger partial charge in [0.1, 0.15) is 6.04 Å². The molecule has 0 heterocycles. The van der Waals surface area contributed by atoms with Gasteiger partial charge in [-0.15, -0.1) is 0 Å². The van der Waals surface area contributed by atoms with Crippen molar-refractivity contribution in [3.63, 3.8) is 0 Å². The molecule has 0 aliphatic heterocycles. The molecule has 0 spiro atoms. The average molecular weight is 288 g/mol. The Morgan fingerprint density at radius 1 is 1.30 bits per heavy atom. The summed E-state index contributed by atoms with van der Waals surface area (Å²) >= 11 is 0. The van der Waals surface area contributed by atoms with Crippen molar-refractivity contribution in [2.75, 3.05) is 33.4 Å². The monoisotopic (exact) mass is 288 g/mol. The zero-order valence-electron chi connectivity index (χ0n) is 13.0. The summed E-state index contributed by atoms with van der Waals surface area (Å²) in [7, 11) is 1.32. The highest BCUT2D eigenvalue weighted by Crippen LogP contribution is 2.06. The fraction of sp³-hybridized carbons (Fsp3) is 0.857. The molecule has 0 rings (SSSR count). The number of nitrogens with zero attached hydrogens (tertiary/aromatic N) is 1. The molecule has 1 amide bonds. The van der Waals surface area contributed by atoms with E-state index in [1.165, 1.54) is 7.11 Å². The van der Waals surface area contributed by atoms with Crippen LogP contribution in [0.1, 0.15) is 33.6 Å². The van der Waals surface area contributed by atoms with Crippen molar-refractivity contribution in [3.05, 3.63) is 0 Å². The Labute approximate surface area is 121 Å². The van der Waals surface area contributed by atoms with Crippen LogP contribution in [0.3, 0.4) is 0 Å². The van der Waals surface area contributed by atoms with E-state index in [2.05, 4.69) is 5.32 Å². The topological polar surface area (TPSA) is 78.9 Å². The Morgan fingerprint density at radius 3 is 2.40 bits per heavy atom. The van der Waals surface area contributed by atoms with E-state index in [1.807, 2.05) is 25.7 Å². The molecule has 6 nitrogen and oxygen atoms in total. The van der Waals surface area contributed by atoms with Crippen molar-refractivity contribution in [3.8, 4) is 0 Å². The molecular weight excluding hydrogens is 260 g/mol. The number of carbonyl (C=O) groups is 2. The van der Waals surface area contributed by atoms with E-state index < -0.39 is 12.0 Å². The molecule has 1 atom stereocenters. The summed E-state index contributed by atoms with van der Waals surface area (Å²) in [6.45, 7) is 7.36. The van der Waals surface area contributed by atoms with E-state index >= 15 is 0 Å². The largest absolute Gasteiger partial charge is 0.467 e. The van der Waals surface area contributed by atoms with Crippen molar-refractivity contribution in [2.24, 2.45) is 5.92 Å². The molecule has 0 saturated carbocycles. The van der Waals surface area contributed by atoms with Gasteiger partial charge in [-0.2, -0.15) is 0 Å². The molecule has 0 aliphatic carbocycles. The minimum Gasteiger partial charge on any atom is -0.467 e. The summed E-state index contributed by atoms with van der Waals surface area (Å²) in [4.78, 5) is 25.5. The zero-order valence-corrected chi connectivity index (χ0v) is 13.0. The molecule has 0 radical (unpaired) electrons. The molecule has 0 aromatic heterocycles. The Hall–Kier alpha value is -1.14. The zero-order chi connectivity index (χ0) is 15.5. The number of hydrogen-bond donors (Lipinski definition) is 2. The lowest BCUT2D eigenvalue weighted by atomic mass is 10.0. The number of rotatable bonds is 10. The van der Waals surface area contributed by atoms with Gasteiger partial charge in [0.05, 0.1) is 20.3 Å². The van der Waals surface area contributed by atoms with E-state index in [9.17, 15) is 9.59 Å². The van der Waals surface area contributed by atoms with Crippen molar-refractivity contribution >= 4 is 11.9 Å². The molecule has 1 unspecified atom stereocenters. The van der Waals surface area contributed by atoms with Crippen LogP contribution in [-0.4, -0.2) is 61.3 Å². The third kappa shape index (κ3) is 8.12. The maximum absolute atomic E-state index is 12.0. The number of nitrogens with one attached hydrogen (secondary N) is 1. The quantitative estimate of drug-likeness (QED) is 0.569.